The molecule has 0 spiro atoms. The molecule has 3 rings (SSSR count). The van der Waals surface area contributed by atoms with Gasteiger partial charge in [0.05, 0.1) is 0 Å². The molecule has 0 radical (unpaired) electrons. The van der Waals surface area contributed by atoms with Crippen LogP contribution in [0.15, 0.2) is 45.6 Å². The normalized spacial score (nSPS) is 10.7. The van der Waals surface area contributed by atoms with Crippen LogP contribution in [0.4, 0.5) is 0 Å². The molecule has 144 valence electrons. The number of ether oxygens (including phenoxy) is 2. The van der Waals surface area contributed by atoms with Crippen molar-refractivity contribution in [1.82, 2.24) is 0 Å². The minimum atomic E-state index is -0.704. The summed E-state index contributed by atoms with van der Waals surface area (Å²) in [4.78, 5) is 36.0. The van der Waals surface area contributed by atoms with Gasteiger partial charge in [0.2, 0.25) is 0 Å². The van der Waals surface area contributed by atoms with Crippen molar-refractivity contribution in [2.75, 3.05) is 6.61 Å². The van der Waals surface area contributed by atoms with Gasteiger partial charge < -0.3 is 13.9 Å². The van der Waals surface area contributed by atoms with Crippen LogP contribution in [0.3, 0.4) is 0 Å². The number of ketones is 1. The van der Waals surface area contributed by atoms with Crippen LogP contribution in [-0.4, -0.2) is 18.4 Å². The molecule has 2 aromatic carbocycles. The van der Waals surface area contributed by atoms with E-state index < -0.39 is 17.4 Å². The molecule has 28 heavy (non-hydrogen) atoms. The van der Waals surface area contributed by atoms with E-state index in [0.29, 0.717) is 21.7 Å². The predicted octanol–water partition coefficient (Wildman–Crippen LogP) is 4.25. The third kappa shape index (κ3) is 4.07. The molecule has 1 heterocycles. The molecule has 0 saturated carbocycles. The summed E-state index contributed by atoms with van der Waals surface area (Å²) in [5, 5.41) is 1.19. The Bertz CT molecular complexity index is 1150. The van der Waals surface area contributed by atoms with Crippen LogP contribution in [0.2, 0.25) is 5.02 Å². The van der Waals surface area contributed by atoms with Crippen LogP contribution in [0.5, 0.6) is 11.5 Å². The summed E-state index contributed by atoms with van der Waals surface area (Å²) in [7, 11) is 0. The zero-order chi connectivity index (χ0) is 20.4. The Kier molecular flexibility index (Phi) is 5.51. The lowest BCUT2D eigenvalue weighted by Crippen LogP contribution is -2.19. The van der Waals surface area contributed by atoms with Crippen molar-refractivity contribution in [3.63, 3.8) is 0 Å². The molecule has 0 fully saturated rings. The molecule has 0 amide bonds. The number of benzene rings is 2. The first-order valence-electron chi connectivity index (χ1n) is 8.44. The maximum atomic E-state index is 12.2. The number of carbonyl (C=O) groups excluding carboxylic acids is 2. The third-order valence-electron chi connectivity index (χ3n) is 4.14. The van der Waals surface area contributed by atoms with Crippen molar-refractivity contribution >= 4 is 34.3 Å². The molecular formula is C21H17ClO6. The summed E-state index contributed by atoms with van der Waals surface area (Å²) in [5.41, 5.74) is 1.02. The number of hydrogen-bond acceptors (Lipinski definition) is 6. The lowest BCUT2D eigenvalue weighted by molar-refractivity contribution is -0.136. The maximum Gasteiger partial charge on any atom is 0.349 e. The summed E-state index contributed by atoms with van der Waals surface area (Å²) in [6.45, 7) is 4.49. The molecule has 0 unspecified atom stereocenters. The van der Waals surface area contributed by atoms with Gasteiger partial charge in [-0.1, -0.05) is 11.6 Å². The smallest absolute Gasteiger partial charge is 0.349 e. The number of halogens is 1. The van der Waals surface area contributed by atoms with Gasteiger partial charge in [-0.05, 0) is 62.2 Å². The van der Waals surface area contributed by atoms with Gasteiger partial charge in [0.15, 0.2) is 18.0 Å². The van der Waals surface area contributed by atoms with Gasteiger partial charge in [0, 0.05) is 16.5 Å². The number of aryl methyl sites for hydroxylation is 2. The van der Waals surface area contributed by atoms with E-state index in [1.807, 2.05) is 6.92 Å². The number of rotatable bonds is 5. The molecule has 3 aromatic rings. The zero-order valence-corrected chi connectivity index (χ0v) is 16.3. The average Bonchev–Trinajstić information content (AvgIpc) is 2.62. The van der Waals surface area contributed by atoms with Gasteiger partial charge in [0.1, 0.15) is 17.1 Å². The second-order valence-electron chi connectivity index (χ2n) is 6.29. The summed E-state index contributed by atoms with van der Waals surface area (Å²) in [6, 6.07) is 9.46. The zero-order valence-electron chi connectivity index (χ0n) is 15.5. The van der Waals surface area contributed by atoms with Gasteiger partial charge in [-0.25, -0.2) is 9.59 Å². The van der Waals surface area contributed by atoms with Crippen LogP contribution < -0.4 is 15.1 Å². The Labute approximate surface area is 165 Å². The topological polar surface area (TPSA) is 82.8 Å². The van der Waals surface area contributed by atoms with Crippen LogP contribution in [0.25, 0.3) is 11.0 Å². The van der Waals surface area contributed by atoms with E-state index in [1.165, 1.54) is 19.1 Å². The minimum Gasteiger partial charge on any atom is -0.482 e. The molecule has 0 aliphatic carbocycles. The Morgan fingerprint density at radius 2 is 1.82 bits per heavy atom. The van der Waals surface area contributed by atoms with E-state index in [1.54, 1.807) is 31.2 Å². The molecule has 0 atom stereocenters. The highest BCUT2D eigenvalue weighted by molar-refractivity contribution is 6.31. The van der Waals surface area contributed by atoms with Crippen LogP contribution >= 0.6 is 11.6 Å². The largest absolute Gasteiger partial charge is 0.482 e. The fourth-order valence-electron chi connectivity index (χ4n) is 2.79. The number of hydrogen-bond donors (Lipinski definition) is 0. The first-order chi connectivity index (χ1) is 13.3. The standard InChI is InChI=1S/C21H17ClO6/c1-11-9-18(24)28-21-15(11)5-7-17(20(21)13(3)23)27-19(25)10-26-14-4-6-16(22)12(2)8-14/h4-9H,10H2,1-3H3. The lowest BCUT2D eigenvalue weighted by Gasteiger charge is -2.12. The van der Waals surface area contributed by atoms with Crippen molar-refractivity contribution in [3.8, 4) is 11.5 Å². The van der Waals surface area contributed by atoms with Crippen molar-refractivity contribution in [3.05, 3.63) is 68.5 Å². The Hall–Kier alpha value is -3.12. The quantitative estimate of drug-likeness (QED) is 0.275. The van der Waals surface area contributed by atoms with Crippen molar-refractivity contribution in [1.29, 1.82) is 0 Å². The van der Waals surface area contributed by atoms with Crippen LogP contribution in [-0.2, 0) is 4.79 Å². The minimum absolute atomic E-state index is 0.00892. The molecular weight excluding hydrogens is 384 g/mol. The van der Waals surface area contributed by atoms with Crippen molar-refractivity contribution in [2.24, 2.45) is 0 Å². The van der Waals surface area contributed by atoms with Crippen molar-refractivity contribution < 1.29 is 23.5 Å². The SMILES string of the molecule is CC(=O)c1c(OC(=O)COc2ccc(Cl)c(C)c2)ccc2c(C)cc(=O)oc12. The Balaban J connectivity index is 1.86. The maximum absolute atomic E-state index is 12.2. The van der Waals surface area contributed by atoms with E-state index in [0.717, 1.165) is 5.56 Å². The van der Waals surface area contributed by atoms with Crippen LogP contribution in [0, 0.1) is 13.8 Å². The summed E-state index contributed by atoms with van der Waals surface area (Å²) >= 11 is 5.96. The molecule has 0 aliphatic heterocycles. The molecule has 1 aromatic heterocycles. The van der Waals surface area contributed by atoms with Gasteiger partial charge in [-0.15, -0.1) is 0 Å². The summed E-state index contributed by atoms with van der Waals surface area (Å²) in [5.74, 6) is -0.624. The van der Waals surface area contributed by atoms with E-state index >= 15 is 0 Å². The van der Waals surface area contributed by atoms with Gasteiger partial charge in [0.25, 0.3) is 0 Å². The molecule has 0 bridgehead atoms. The fraction of sp³-hybridized carbons (Fsp3) is 0.190. The lowest BCUT2D eigenvalue weighted by atomic mass is 10.0. The number of carbonyl (C=O) groups is 2. The molecule has 7 heteroatoms. The van der Waals surface area contributed by atoms with E-state index in [9.17, 15) is 14.4 Å². The average molecular weight is 401 g/mol. The fourth-order valence-corrected chi connectivity index (χ4v) is 2.90. The highest BCUT2D eigenvalue weighted by Gasteiger charge is 2.19. The first kappa shape index (κ1) is 19.6. The van der Waals surface area contributed by atoms with Gasteiger partial charge in [-0.2, -0.15) is 0 Å². The second kappa shape index (κ2) is 7.86. The van der Waals surface area contributed by atoms with E-state index in [2.05, 4.69) is 0 Å². The number of fused-ring (bicyclic) bond motifs is 1. The third-order valence-corrected chi connectivity index (χ3v) is 4.57. The monoisotopic (exact) mass is 400 g/mol. The summed E-state index contributed by atoms with van der Waals surface area (Å²) < 4.78 is 15.9. The molecule has 0 saturated heterocycles. The molecule has 0 N–H and O–H groups in total. The Morgan fingerprint density at radius 3 is 2.50 bits per heavy atom. The van der Waals surface area contributed by atoms with Crippen molar-refractivity contribution in [2.45, 2.75) is 20.8 Å². The number of esters is 1. The summed E-state index contributed by atoms with van der Waals surface area (Å²) in [6.07, 6.45) is 0. The second-order valence-corrected chi connectivity index (χ2v) is 6.70. The van der Waals surface area contributed by atoms with E-state index in [-0.39, 0.29) is 23.5 Å². The Morgan fingerprint density at radius 1 is 1.07 bits per heavy atom. The highest BCUT2D eigenvalue weighted by atomic mass is 35.5. The van der Waals surface area contributed by atoms with Crippen LogP contribution in [0.1, 0.15) is 28.4 Å². The number of Topliss-reactive ketones (excluding diaryl/α,β-unsaturated/α-hetero) is 1. The predicted molar refractivity (Wildman–Crippen MR) is 105 cm³/mol. The van der Waals surface area contributed by atoms with Gasteiger partial charge in [-0.3, -0.25) is 4.79 Å². The van der Waals surface area contributed by atoms with Gasteiger partial charge >= 0.3 is 11.6 Å². The molecule has 6 nitrogen and oxygen atoms in total. The molecule has 0 aliphatic rings. The van der Waals surface area contributed by atoms with E-state index in [4.69, 9.17) is 25.5 Å². The highest BCUT2D eigenvalue weighted by Crippen LogP contribution is 2.29. The first-order valence-corrected chi connectivity index (χ1v) is 8.82.